The highest BCUT2D eigenvalue weighted by Gasteiger charge is 2.42. The minimum absolute atomic E-state index is 0.0339. The van der Waals surface area contributed by atoms with Gasteiger partial charge in [0.2, 0.25) is 0 Å². The summed E-state index contributed by atoms with van der Waals surface area (Å²) in [6.45, 7) is 2.49. The molecule has 0 spiro atoms. The number of nitrogens with zero attached hydrogens (tertiary/aromatic N) is 1. The first kappa shape index (κ1) is 15.1. The summed E-state index contributed by atoms with van der Waals surface area (Å²) in [6, 6.07) is -0.257. The van der Waals surface area contributed by atoms with Crippen LogP contribution in [0.3, 0.4) is 0 Å². The molecule has 1 aliphatic rings. The second-order valence-corrected chi connectivity index (χ2v) is 5.12. The summed E-state index contributed by atoms with van der Waals surface area (Å²) >= 11 is 0. The summed E-state index contributed by atoms with van der Waals surface area (Å²) < 4.78 is 0. The van der Waals surface area contributed by atoms with Gasteiger partial charge in [0.15, 0.2) is 0 Å². The van der Waals surface area contributed by atoms with E-state index in [4.69, 9.17) is 5.11 Å². The average Bonchev–Trinajstić information content (AvgIpc) is 2.89. The van der Waals surface area contributed by atoms with Gasteiger partial charge in [-0.1, -0.05) is 12.2 Å². The first-order valence-corrected chi connectivity index (χ1v) is 7.03. The number of amides is 2. The highest BCUT2D eigenvalue weighted by atomic mass is 16.4. The normalized spacial score (nSPS) is 16.4. The van der Waals surface area contributed by atoms with Gasteiger partial charge in [-0.3, -0.25) is 0 Å². The van der Waals surface area contributed by atoms with E-state index in [1.165, 1.54) is 6.20 Å². The number of rotatable bonds is 6. The zero-order valence-corrected chi connectivity index (χ0v) is 12.0. The molecule has 21 heavy (non-hydrogen) atoms. The number of carboxylic acids is 1. The molecule has 1 fully saturated rings. The maximum absolute atomic E-state index is 11.9. The third-order valence-electron chi connectivity index (χ3n) is 3.65. The number of H-pyrrole nitrogens is 1. The first-order chi connectivity index (χ1) is 10.1. The molecule has 1 aromatic heterocycles. The summed E-state index contributed by atoms with van der Waals surface area (Å²) in [5.41, 5.74) is -0.537. The fourth-order valence-electron chi connectivity index (χ4n) is 2.32. The molecule has 114 valence electrons. The van der Waals surface area contributed by atoms with Crippen molar-refractivity contribution in [3.63, 3.8) is 0 Å². The van der Waals surface area contributed by atoms with Crippen LogP contribution in [0.1, 0.15) is 48.9 Å². The molecule has 2 amide bonds. The van der Waals surface area contributed by atoms with E-state index in [0.717, 1.165) is 25.7 Å². The minimum atomic E-state index is -1.06. The van der Waals surface area contributed by atoms with Crippen LogP contribution in [0, 0.1) is 0 Å². The second kappa shape index (κ2) is 6.43. The molecule has 0 radical (unpaired) electrons. The molecule has 0 unspecified atom stereocenters. The number of nitrogens with one attached hydrogen (secondary N) is 3. The lowest BCUT2D eigenvalue weighted by molar-refractivity contribution is 0.0690. The average molecular weight is 292 g/mol. The highest BCUT2D eigenvalue weighted by molar-refractivity contribution is 5.85. The molecule has 0 aromatic carbocycles. The molecule has 1 saturated carbocycles. The number of allylic oxidation sites excluding steroid dienone is 1. The molecule has 1 aliphatic carbocycles. The summed E-state index contributed by atoms with van der Waals surface area (Å²) in [6.07, 6.45) is 8.45. The van der Waals surface area contributed by atoms with Crippen LogP contribution >= 0.6 is 0 Å². The monoisotopic (exact) mass is 292 g/mol. The molecule has 4 N–H and O–H groups in total. The van der Waals surface area contributed by atoms with Gasteiger partial charge in [-0.05, 0) is 32.6 Å². The Balaban J connectivity index is 1.97. The molecule has 0 saturated heterocycles. The van der Waals surface area contributed by atoms with E-state index < -0.39 is 11.5 Å². The van der Waals surface area contributed by atoms with Gasteiger partial charge in [0.1, 0.15) is 11.5 Å². The lowest BCUT2D eigenvalue weighted by Gasteiger charge is -2.40. The molecule has 0 aliphatic heterocycles. The molecular formula is C14H20N4O3. The van der Waals surface area contributed by atoms with Gasteiger partial charge in [0.05, 0.1) is 11.7 Å². The van der Waals surface area contributed by atoms with E-state index in [1.807, 2.05) is 19.1 Å². The Morgan fingerprint density at radius 2 is 2.29 bits per heavy atom. The summed E-state index contributed by atoms with van der Waals surface area (Å²) in [7, 11) is 0. The van der Waals surface area contributed by atoms with Crippen LogP contribution in [0.5, 0.6) is 0 Å². The number of imidazole rings is 1. The lowest BCUT2D eigenvalue weighted by Crippen LogP contribution is -2.54. The van der Waals surface area contributed by atoms with Gasteiger partial charge in [-0.25, -0.2) is 14.6 Å². The van der Waals surface area contributed by atoms with Crippen molar-refractivity contribution >= 4 is 12.0 Å². The van der Waals surface area contributed by atoms with Gasteiger partial charge < -0.3 is 20.7 Å². The van der Waals surface area contributed by atoms with Crippen LogP contribution in [-0.2, 0) is 5.54 Å². The maximum Gasteiger partial charge on any atom is 0.353 e. The van der Waals surface area contributed by atoms with E-state index in [9.17, 15) is 9.59 Å². The number of aromatic nitrogens is 2. The summed E-state index contributed by atoms with van der Waals surface area (Å²) in [5.74, 6) is -0.547. The Morgan fingerprint density at radius 1 is 1.52 bits per heavy atom. The third kappa shape index (κ3) is 3.42. The van der Waals surface area contributed by atoms with E-state index >= 15 is 0 Å². The van der Waals surface area contributed by atoms with Crippen molar-refractivity contribution in [2.24, 2.45) is 0 Å². The van der Waals surface area contributed by atoms with Crippen molar-refractivity contribution in [1.82, 2.24) is 20.6 Å². The number of carbonyl (C=O) groups excluding carboxylic acids is 1. The molecule has 2 rings (SSSR count). The number of aromatic carboxylic acids is 1. The predicted molar refractivity (Wildman–Crippen MR) is 77.0 cm³/mol. The Hall–Kier alpha value is -2.31. The van der Waals surface area contributed by atoms with Crippen LogP contribution in [0.15, 0.2) is 18.3 Å². The minimum Gasteiger partial charge on any atom is -0.477 e. The molecule has 7 heteroatoms. The van der Waals surface area contributed by atoms with Gasteiger partial charge in [-0.15, -0.1) is 0 Å². The molecule has 0 atom stereocenters. The lowest BCUT2D eigenvalue weighted by atomic mass is 9.76. The van der Waals surface area contributed by atoms with Crippen molar-refractivity contribution in [1.29, 1.82) is 0 Å². The second-order valence-electron chi connectivity index (χ2n) is 5.12. The summed E-state index contributed by atoms with van der Waals surface area (Å²) in [4.78, 5) is 29.7. The van der Waals surface area contributed by atoms with Crippen molar-refractivity contribution in [2.45, 2.75) is 38.1 Å². The topological polar surface area (TPSA) is 107 Å². The Morgan fingerprint density at radius 3 is 2.81 bits per heavy atom. The Bertz CT molecular complexity index is 546. The number of urea groups is 1. The van der Waals surface area contributed by atoms with E-state index in [2.05, 4.69) is 20.6 Å². The van der Waals surface area contributed by atoms with Crippen molar-refractivity contribution < 1.29 is 14.7 Å². The molecular weight excluding hydrogens is 272 g/mol. The zero-order valence-electron chi connectivity index (χ0n) is 12.0. The van der Waals surface area contributed by atoms with Gasteiger partial charge in [0.25, 0.3) is 0 Å². The van der Waals surface area contributed by atoms with Crippen LogP contribution in [0.25, 0.3) is 0 Å². The summed E-state index contributed by atoms with van der Waals surface area (Å²) in [5, 5.41) is 14.6. The van der Waals surface area contributed by atoms with Crippen molar-refractivity contribution in [3.8, 4) is 0 Å². The predicted octanol–water partition coefficient (Wildman–Crippen LogP) is 1.75. The standard InChI is InChI=1S/C14H20N4O3/c1-2-3-4-8-15-13(21)18-14(6-5-7-14)12-16-9-10(17-12)11(19)20/h2-3,9H,4-8H2,1H3,(H,16,17)(H,19,20)(H2,15,18,21)/b3-2+. The quantitative estimate of drug-likeness (QED) is 0.473. The van der Waals surface area contributed by atoms with E-state index in [-0.39, 0.29) is 11.7 Å². The number of carbonyl (C=O) groups is 2. The first-order valence-electron chi connectivity index (χ1n) is 7.03. The van der Waals surface area contributed by atoms with Crippen molar-refractivity contribution in [3.05, 3.63) is 29.9 Å². The van der Waals surface area contributed by atoms with E-state index in [0.29, 0.717) is 12.4 Å². The SMILES string of the molecule is C/C=C/CCNC(=O)NC1(c2ncc(C(=O)O)[nH]2)CCC1. The van der Waals surface area contributed by atoms with Crippen LogP contribution < -0.4 is 10.6 Å². The third-order valence-corrected chi connectivity index (χ3v) is 3.65. The Labute approximate surface area is 122 Å². The molecule has 1 heterocycles. The Kier molecular flexibility index (Phi) is 4.62. The number of carboxylic acid groups (broad SMARTS) is 1. The molecule has 1 aromatic rings. The van der Waals surface area contributed by atoms with Gasteiger partial charge >= 0.3 is 12.0 Å². The fourth-order valence-corrected chi connectivity index (χ4v) is 2.32. The fraction of sp³-hybridized carbons (Fsp3) is 0.500. The maximum atomic E-state index is 11.9. The molecule has 0 bridgehead atoms. The largest absolute Gasteiger partial charge is 0.477 e. The number of hydrogen-bond acceptors (Lipinski definition) is 3. The highest BCUT2D eigenvalue weighted by Crippen LogP contribution is 2.39. The van der Waals surface area contributed by atoms with E-state index in [1.54, 1.807) is 0 Å². The van der Waals surface area contributed by atoms with Gasteiger partial charge in [-0.2, -0.15) is 0 Å². The van der Waals surface area contributed by atoms with Crippen LogP contribution in [0.4, 0.5) is 4.79 Å². The zero-order chi connectivity index (χ0) is 15.3. The number of hydrogen-bond donors (Lipinski definition) is 4. The number of aromatic amines is 1. The van der Waals surface area contributed by atoms with Gasteiger partial charge in [0, 0.05) is 6.54 Å². The smallest absolute Gasteiger partial charge is 0.353 e. The van der Waals surface area contributed by atoms with Crippen LogP contribution in [0.2, 0.25) is 0 Å². The van der Waals surface area contributed by atoms with Crippen molar-refractivity contribution in [2.75, 3.05) is 6.54 Å². The molecule has 7 nitrogen and oxygen atoms in total. The van der Waals surface area contributed by atoms with Crippen LogP contribution in [-0.4, -0.2) is 33.6 Å².